The van der Waals surface area contributed by atoms with Gasteiger partial charge in [0, 0.05) is 31.4 Å². The molecule has 1 spiro atoms. The van der Waals surface area contributed by atoms with Gasteiger partial charge in [-0.05, 0) is 30.5 Å². The average Bonchev–Trinajstić information content (AvgIpc) is 2.91. The van der Waals surface area contributed by atoms with Crippen LogP contribution in [0.1, 0.15) is 22.3 Å². The summed E-state index contributed by atoms with van der Waals surface area (Å²) in [5.41, 5.74) is 1.72. The van der Waals surface area contributed by atoms with Crippen LogP contribution in [-0.2, 0) is 11.2 Å². The molecule has 1 atom stereocenters. The van der Waals surface area contributed by atoms with E-state index in [1.807, 2.05) is 6.07 Å². The number of fused-ring (bicyclic) bond motifs is 1. The minimum absolute atomic E-state index is 0.0539. The number of likely N-dealkylation sites (tertiary alicyclic amines) is 1. The number of anilines is 1. The molecule has 1 fully saturated rings. The van der Waals surface area contributed by atoms with Crippen LogP contribution in [0.25, 0.3) is 0 Å². The Morgan fingerprint density at radius 2 is 2.33 bits per heavy atom. The number of carbonyl (C=O) groups is 2. The molecule has 0 bridgehead atoms. The van der Waals surface area contributed by atoms with Crippen LogP contribution in [0.4, 0.5) is 5.69 Å². The van der Waals surface area contributed by atoms with E-state index in [4.69, 9.17) is 5.26 Å². The molecule has 2 aliphatic heterocycles. The van der Waals surface area contributed by atoms with Crippen molar-refractivity contribution in [3.63, 3.8) is 0 Å². The quantitative estimate of drug-likeness (QED) is 0.744. The van der Waals surface area contributed by atoms with Crippen molar-refractivity contribution in [1.82, 2.24) is 10.2 Å². The van der Waals surface area contributed by atoms with Crippen LogP contribution in [0.3, 0.4) is 0 Å². The highest BCUT2D eigenvalue weighted by Crippen LogP contribution is 2.40. The van der Waals surface area contributed by atoms with E-state index in [-0.39, 0.29) is 11.8 Å². The zero-order chi connectivity index (χ0) is 15.0. The van der Waals surface area contributed by atoms with Gasteiger partial charge in [-0.2, -0.15) is 5.26 Å². The van der Waals surface area contributed by atoms with Crippen LogP contribution in [0.5, 0.6) is 0 Å². The molecule has 1 saturated heterocycles. The molecule has 3 rings (SSSR count). The first kappa shape index (κ1) is 13.4. The molecule has 0 aliphatic carbocycles. The van der Waals surface area contributed by atoms with E-state index < -0.39 is 5.41 Å². The van der Waals surface area contributed by atoms with Gasteiger partial charge >= 0.3 is 0 Å². The van der Waals surface area contributed by atoms with Crippen molar-refractivity contribution in [2.45, 2.75) is 12.8 Å². The lowest BCUT2D eigenvalue weighted by Crippen LogP contribution is -2.43. The molecule has 2 amide bonds. The maximum atomic E-state index is 12.4. The standard InChI is InChI=1S/C15H16N4O2/c1-17-13(20)10-2-3-11-7-15(4-5-19(8-15)9-16)14(21)18-12(11)6-10/h2-3,6H,4-5,7-8H2,1H3,(H,17,20)(H,18,21). The van der Waals surface area contributed by atoms with Crippen molar-refractivity contribution in [3.8, 4) is 6.19 Å². The van der Waals surface area contributed by atoms with Crippen LogP contribution in [0.15, 0.2) is 18.2 Å². The number of nitrogens with zero attached hydrogens (tertiary/aromatic N) is 2. The summed E-state index contributed by atoms with van der Waals surface area (Å²) in [5.74, 6) is -0.231. The molecule has 0 aromatic heterocycles. The molecule has 0 saturated carbocycles. The molecule has 6 nitrogen and oxygen atoms in total. The Kier molecular flexibility index (Phi) is 3.05. The number of carbonyl (C=O) groups excluding carboxylic acids is 2. The van der Waals surface area contributed by atoms with Crippen molar-refractivity contribution in [2.75, 3.05) is 25.5 Å². The first-order chi connectivity index (χ1) is 10.1. The lowest BCUT2D eigenvalue weighted by atomic mass is 9.77. The van der Waals surface area contributed by atoms with Gasteiger partial charge in [0.15, 0.2) is 6.19 Å². The first-order valence-electron chi connectivity index (χ1n) is 6.89. The number of benzene rings is 1. The molecular formula is C15H16N4O2. The smallest absolute Gasteiger partial charge is 0.251 e. The van der Waals surface area contributed by atoms with Gasteiger partial charge in [-0.15, -0.1) is 0 Å². The van der Waals surface area contributed by atoms with E-state index in [9.17, 15) is 9.59 Å². The number of hydrogen-bond donors (Lipinski definition) is 2. The summed E-state index contributed by atoms with van der Waals surface area (Å²) in [6.07, 6.45) is 3.41. The molecule has 0 radical (unpaired) electrons. The highest BCUT2D eigenvalue weighted by molar-refractivity contribution is 6.01. The zero-order valence-corrected chi connectivity index (χ0v) is 11.8. The Morgan fingerprint density at radius 3 is 3.00 bits per heavy atom. The molecule has 2 heterocycles. The summed E-state index contributed by atoms with van der Waals surface area (Å²) in [7, 11) is 1.57. The molecule has 1 aromatic carbocycles. The molecule has 1 aromatic rings. The second-order valence-corrected chi connectivity index (χ2v) is 5.63. The summed E-state index contributed by atoms with van der Waals surface area (Å²) >= 11 is 0. The fourth-order valence-electron chi connectivity index (χ4n) is 3.12. The SMILES string of the molecule is CNC(=O)c1ccc2c(c1)NC(=O)C1(CCN(C#N)C1)C2. The molecule has 2 aliphatic rings. The molecule has 1 unspecified atom stereocenters. The Labute approximate surface area is 122 Å². The number of amides is 2. The fraction of sp³-hybridized carbons (Fsp3) is 0.400. The van der Waals surface area contributed by atoms with Crippen molar-refractivity contribution < 1.29 is 9.59 Å². The van der Waals surface area contributed by atoms with Crippen molar-refractivity contribution in [1.29, 1.82) is 5.26 Å². The average molecular weight is 284 g/mol. The fourth-order valence-corrected chi connectivity index (χ4v) is 3.12. The van der Waals surface area contributed by atoms with Gasteiger partial charge < -0.3 is 15.5 Å². The third-order valence-electron chi connectivity index (χ3n) is 4.35. The number of rotatable bonds is 1. The van der Waals surface area contributed by atoms with Crippen molar-refractivity contribution in [3.05, 3.63) is 29.3 Å². The number of hydrogen-bond acceptors (Lipinski definition) is 4. The maximum Gasteiger partial charge on any atom is 0.251 e. The van der Waals surface area contributed by atoms with Gasteiger partial charge in [-0.1, -0.05) is 6.07 Å². The van der Waals surface area contributed by atoms with Crippen molar-refractivity contribution >= 4 is 17.5 Å². The van der Waals surface area contributed by atoms with Gasteiger partial charge in [0.05, 0.1) is 5.41 Å². The van der Waals surface area contributed by atoms with Gasteiger partial charge in [-0.25, -0.2) is 0 Å². The minimum atomic E-state index is -0.517. The van der Waals surface area contributed by atoms with Crippen LogP contribution >= 0.6 is 0 Å². The Hall–Kier alpha value is -2.55. The normalized spacial score (nSPS) is 23.4. The third-order valence-corrected chi connectivity index (χ3v) is 4.35. The Morgan fingerprint density at radius 1 is 1.52 bits per heavy atom. The van der Waals surface area contributed by atoms with Gasteiger partial charge in [0.1, 0.15) is 0 Å². The molecular weight excluding hydrogens is 268 g/mol. The first-order valence-corrected chi connectivity index (χ1v) is 6.89. The highest BCUT2D eigenvalue weighted by atomic mass is 16.2. The number of nitrogens with one attached hydrogen (secondary N) is 2. The monoisotopic (exact) mass is 284 g/mol. The van der Waals surface area contributed by atoms with Gasteiger partial charge in [0.2, 0.25) is 5.91 Å². The van der Waals surface area contributed by atoms with Crippen LogP contribution in [0.2, 0.25) is 0 Å². The summed E-state index contributed by atoms with van der Waals surface area (Å²) in [6, 6.07) is 5.35. The summed E-state index contributed by atoms with van der Waals surface area (Å²) in [6.45, 7) is 1.08. The maximum absolute atomic E-state index is 12.4. The van der Waals surface area contributed by atoms with Gasteiger partial charge in [-0.3, -0.25) is 9.59 Å². The highest BCUT2D eigenvalue weighted by Gasteiger charge is 2.47. The summed E-state index contributed by atoms with van der Waals surface area (Å²) in [4.78, 5) is 25.7. The zero-order valence-electron chi connectivity index (χ0n) is 11.8. The predicted molar refractivity (Wildman–Crippen MR) is 76.4 cm³/mol. The van der Waals surface area contributed by atoms with E-state index >= 15 is 0 Å². The second-order valence-electron chi connectivity index (χ2n) is 5.63. The second kappa shape index (κ2) is 4.77. The topological polar surface area (TPSA) is 85.2 Å². The lowest BCUT2D eigenvalue weighted by Gasteiger charge is -2.33. The van der Waals surface area contributed by atoms with Crippen LogP contribution in [0, 0.1) is 16.9 Å². The molecule has 108 valence electrons. The largest absolute Gasteiger partial charge is 0.355 e. The van der Waals surface area contributed by atoms with Crippen molar-refractivity contribution in [2.24, 2.45) is 5.41 Å². The van der Waals surface area contributed by atoms with Gasteiger partial charge in [0.25, 0.3) is 5.91 Å². The van der Waals surface area contributed by atoms with Crippen LogP contribution < -0.4 is 10.6 Å². The predicted octanol–water partition coefficient (Wildman–Crippen LogP) is 0.714. The van der Waals surface area contributed by atoms with E-state index in [0.29, 0.717) is 37.2 Å². The Balaban J connectivity index is 1.91. The molecule has 6 heteroatoms. The molecule has 2 N–H and O–H groups in total. The summed E-state index contributed by atoms with van der Waals surface area (Å²) < 4.78 is 0. The number of nitriles is 1. The lowest BCUT2D eigenvalue weighted by molar-refractivity contribution is -0.125. The third kappa shape index (κ3) is 2.11. The van der Waals surface area contributed by atoms with E-state index in [1.54, 1.807) is 24.1 Å². The molecule has 21 heavy (non-hydrogen) atoms. The van der Waals surface area contributed by atoms with E-state index in [1.165, 1.54) is 0 Å². The minimum Gasteiger partial charge on any atom is -0.355 e. The summed E-state index contributed by atoms with van der Waals surface area (Å²) in [5, 5.41) is 14.5. The van der Waals surface area contributed by atoms with Crippen LogP contribution in [-0.4, -0.2) is 36.9 Å². The van der Waals surface area contributed by atoms with E-state index in [2.05, 4.69) is 16.8 Å². The van der Waals surface area contributed by atoms with E-state index in [0.717, 1.165) is 5.56 Å². The Bertz CT molecular complexity index is 664.